The van der Waals surface area contributed by atoms with Crippen LogP contribution in [0.4, 0.5) is 4.79 Å². The predicted molar refractivity (Wildman–Crippen MR) is 108 cm³/mol. The fourth-order valence-electron chi connectivity index (χ4n) is 2.25. The van der Waals surface area contributed by atoms with E-state index in [0.29, 0.717) is 6.61 Å². The van der Waals surface area contributed by atoms with E-state index in [-0.39, 0.29) is 28.6 Å². The van der Waals surface area contributed by atoms with E-state index in [4.69, 9.17) is 18.8 Å². The van der Waals surface area contributed by atoms with Crippen LogP contribution in [0.1, 0.15) is 69.2 Å². The van der Waals surface area contributed by atoms with Gasteiger partial charge in [-0.25, -0.2) is 4.79 Å². The van der Waals surface area contributed by atoms with Crippen LogP contribution in [0, 0.1) is 10.8 Å². The van der Waals surface area contributed by atoms with Crippen molar-refractivity contribution in [3.63, 3.8) is 0 Å². The van der Waals surface area contributed by atoms with Gasteiger partial charge in [0.1, 0.15) is 12.8 Å². The molecule has 1 fully saturated rings. The van der Waals surface area contributed by atoms with E-state index in [1.807, 2.05) is 48.5 Å². The highest BCUT2D eigenvalue weighted by Crippen LogP contribution is 2.36. The van der Waals surface area contributed by atoms with Crippen LogP contribution in [0.2, 0.25) is 0 Å². The molecule has 1 rings (SSSR count). The molecule has 0 saturated carbocycles. The van der Waals surface area contributed by atoms with E-state index < -0.39 is 19.4 Å². The van der Waals surface area contributed by atoms with Gasteiger partial charge in [-0.3, -0.25) is 5.32 Å². The normalized spacial score (nSPS) is 20.7. The van der Waals surface area contributed by atoms with Gasteiger partial charge in [-0.1, -0.05) is 53.6 Å². The molecule has 0 aromatic rings. The van der Waals surface area contributed by atoms with E-state index in [0.717, 1.165) is 0 Å². The standard InChI is InChI=1S/C20H38BNO5/c1-17(2,3)14-25-15(18(4,5)6)22-16(23)24-13-11-12-21-26-19(7,8)20(9,10)27-21/h11-12,15H,13-14H2,1-10H3,(H,22,23)/b12-11+. The zero-order valence-corrected chi connectivity index (χ0v) is 18.8. The second-order valence-electron chi connectivity index (χ2n) is 10.4. The van der Waals surface area contributed by atoms with Gasteiger partial charge in [0.05, 0.1) is 17.8 Å². The molecule has 0 spiro atoms. The first-order valence-electron chi connectivity index (χ1n) is 9.61. The van der Waals surface area contributed by atoms with Crippen LogP contribution in [0.25, 0.3) is 0 Å². The minimum Gasteiger partial charge on any atom is -0.445 e. The first-order valence-corrected chi connectivity index (χ1v) is 9.61. The lowest BCUT2D eigenvalue weighted by molar-refractivity contribution is -0.0631. The number of carbonyl (C=O) groups is 1. The lowest BCUT2D eigenvalue weighted by Gasteiger charge is -2.33. The van der Waals surface area contributed by atoms with Gasteiger partial charge in [0, 0.05) is 5.41 Å². The third kappa shape index (κ3) is 7.84. The summed E-state index contributed by atoms with van der Waals surface area (Å²) in [6, 6.07) is 0. The van der Waals surface area contributed by atoms with Gasteiger partial charge in [0.15, 0.2) is 0 Å². The van der Waals surface area contributed by atoms with Crippen LogP contribution in [-0.2, 0) is 18.8 Å². The van der Waals surface area contributed by atoms with Crippen LogP contribution in [-0.4, -0.2) is 43.9 Å². The zero-order chi connectivity index (χ0) is 21.1. The highest BCUT2D eigenvalue weighted by Gasteiger charge is 2.50. The molecule has 1 N–H and O–H groups in total. The molecule has 1 saturated heterocycles. The van der Waals surface area contributed by atoms with Gasteiger partial charge in [0.2, 0.25) is 0 Å². The summed E-state index contributed by atoms with van der Waals surface area (Å²) in [6.07, 6.45) is 0.780. The topological polar surface area (TPSA) is 66.0 Å². The second kappa shape index (κ2) is 8.54. The number of rotatable bonds is 6. The molecule has 0 aliphatic carbocycles. The fourth-order valence-corrected chi connectivity index (χ4v) is 2.25. The number of hydrogen-bond donors (Lipinski definition) is 1. The van der Waals surface area contributed by atoms with E-state index in [2.05, 4.69) is 26.1 Å². The largest absolute Gasteiger partial charge is 0.486 e. The molecule has 0 radical (unpaired) electrons. The first-order chi connectivity index (χ1) is 12.0. The molecule has 1 unspecified atom stereocenters. The molecule has 1 aliphatic rings. The average Bonchev–Trinajstić information content (AvgIpc) is 2.65. The molecule has 27 heavy (non-hydrogen) atoms. The Morgan fingerprint density at radius 2 is 1.59 bits per heavy atom. The minimum atomic E-state index is -0.512. The maximum atomic E-state index is 12.1. The molecule has 0 aromatic carbocycles. The molecule has 7 heteroatoms. The minimum absolute atomic E-state index is 0.0145. The van der Waals surface area contributed by atoms with E-state index in [1.54, 1.807) is 12.1 Å². The van der Waals surface area contributed by atoms with Gasteiger partial charge in [0.25, 0.3) is 0 Å². The number of hydrogen-bond acceptors (Lipinski definition) is 5. The molecule has 1 heterocycles. The Kier molecular flexibility index (Phi) is 7.59. The molecular weight excluding hydrogens is 345 g/mol. The summed E-state index contributed by atoms with van der Waals surface area (Å²) in [5.74, 6) is 1.77. The van der Waals surface area contributed by atoms with E-state index >= 15 is 0 Å². The average molecular weight is 383 g/mol. The fraction of sp³-hybridized carbons (Fsp3) is 0.850. The summed E-state index contributed by atoms with van der Waals surface area (Å²) in [5, 5.41) is 2.80. The highest BCUT2D eigenvalue weighted by atomic mass is 16.7. The van der Waals surface area contributed by atoms with Crippen molar-refractivity contribution in [1.82, 2.24) is 5.32 Å². The lowest BCUT2D eigenvalue weighted by Crippen LogP contribution is -2.47. The maximum Gasteiger partial charge on any atom is 0.486 e. The summed E-state index contributed by atoms with van der Waals surface area (Å²) in [7, 11) is -0.445. The first kappa shape index (κ1) is 24.0. The van der Waals surface area contributed by atoms with Crippen molar-refractivity contribution in [2.24, 2.45) is 10.8 Å². The number of carbonyl (C=O) groups excluding carboxylic acids is 1. The summed E-state index contributed by atoms with van der Waals surface area (Å²) in [5.41, 5.74) is -1.00. The van der Waals surface area contributed by atoms with E-state index in [1.165, 1.54) is 0 Å². The smallest absolute Gasteiger partial charge is 0.445 e. The van der Waals surface area contributed by atoms with Gasteiger partial charge >= 0.3 is 13.2 Å². The Hall–Kier alpha value is -1.05. The number of amides is 1. The monoisotopic (exact) mass is 383 g/mol. The molecule has 0 bridgehead atoms. The number of nitrogens with one attached hydrogen (secondary N) is 1. The third-order valence-electron chi connectivity index (χ3n) is 4.59. The van der Waals surface area contributed by atoms with Crippen molar-refractivity contribution in [3.8, 4) is 0 Å². The zero-order valence-electron chi connectivity index (χ0n) is 18.8. The van der Waals surface area contributed by atoms with E-state index in [9.17, 15) is 4.79 Å². The van der Waals surface area contributed by atoms with Crippen molar-refractivity contribution in [2.45, 2.75) is 86.7 Å². The molecule has 1 amide bonds. The van der Waals surface area contributed by atoms with Crippen molar-refractivity contribution in [2.75, 3.05) is 13.2 Å². The lowest BCUT2D eigenvalue weighted by atomic mass is 9.90. The van der Waals surface area contributed by atoms with Crippen molar-refractivity contribution in [3.05, 3.63) is 12.1 Å². The van der Waals surface area contributed by atoms with Crippen molar-refractivity contribution < 1.29 is 23.6 Å². The Balaban J connectivity index is 2.47. The second-order valence-corrected chi connectivity index (χ2v) is 10.4. The van der Waals surface area contributed by atoms with Crippen LogP contribution >= 0.6 is 0 Å². The Labute approximate surface area is 165 Å². The highest BCUT2D eigenvalue weighted by molar-refractivity contribution is 6.51. The Bertz CT molecular complexity index is 515. The number of ether oxygens (including phenoxy) is 2. The van der Waals surface area contributed by atoms with Gasteiger partial charge in [-0.05, 0) is 33.1 Å². The van der Waals surface area contributed by atoms with Crippen LogP contribution in [0.3, 0.4) is 0 Å². The van der Waals surface area contributed by atoms with Crippen molar-refractivity contribution >= 4 is 13.2 Å². The van der Waals surface area contributed by atoms with Crippen LogP contribution < -0.4 is 5.32 Å². The summed E-state index contributed by atoms with van der Waals surface area (Å²) >= 11 is 0. The molecule has 0 aromatic heterocycles. The molecule has 1 atom stereocenters. The van der Waals surface area contributed by atoms with Crippen LogP contribution in [0.15, 0.2) is 12.1 Å². The quantitative estimate of drug-likeness (QED) is 0.546. The summed E-state index contributed by atoms with van der Waals surface area (Å²) in [6.45, 7) is 21.0. The van der Waals surface area contributed by atoms with Crippen LogP contribution in [0.5, 0.6) is 0 Å². The Morgan fingerprint density at radius 3 is 2.04 bits per heavy atom. The van der Waals surface area contributed by atoms with Gasteiger partial charge in [-0.2, -0.15) is 0 Å². The summed E-state index contributed by atoms with van der Waals surface area (Å²) < 4.78 is 22.9. The summed E-state index contributed by atoms with van der Waals surface area (Å²) in [4.78, 5) is 12.1. The number of alkyl carbamates (subject to hydrolysis) is 1. The maximum absolute atomic E-state index is 12.1. The SMILES string of the molecule is CC(C)(C)COC(NC(=O)OC/C=C/B1OC(C)(C)C(C)(C)O1)C(C)(C)C. The van der Waals surface area contributed by atoms with Gasteiger partial charge < -0.3 is 18.8 Å². The molecular formula is C20H38BNO5. The van der Waals surface area contributed by atoms with Crippen molar-refractivity contribution in [1.29, 1.82) is 0 Å². The predicted octanol–water partition coefficient (Wildman–Crippen LogP) is 4.34. The molecule has 6 nitrogen and oxygen atoms in total. The Morgan fingerprint density at radius 1 is 1.07 bits per heavy atom. The third-order valence-corrected chi connectivity index (χ3v) is 4.59. The molecule has 156 valence electrons. The molecule has 1 aliphatic heterocycles. The van der Waals surface area contributed by atoms with Gasteiger partial charge in [-0.15, -0.1) is 0 Å².